The van der Waals surface area contributed by atoms with Gasteiger partial charge in [0.05, 0.1) is 23.7 Å². The van der Waals surface area contributed by atoms with Gasteiger partial charge in [-0.15, -0.1) is 0 Å². The fraction of sp³-hybridized carbons (Fsp3) is 0.480. The second kappa shape index (κ2) is 21.7. The van der Waals surface area contributed by atoms with E-state index in [4.69, 9.17) is 26.9 Å². The highest BCUT2D eigenvalue weighted by Gasteiger charge is 2.33. The number of rotatable bonds is 15. The fourth-order valence-corrected chi connectivity index (χ4v) is 9.99. The van der Waals surface area contributed by atoms with Crippen LogP contribution in [-0.4, -0.2) is 121 Å². The molecule has 0 spiro atoms. The number of amides is 2. The molecule has 2 aliphatic carbocycles. The van der Waals surface area contributed by atoms with E-state index in [0.717, 1.165) is 67.9 Å². The van der Waals surface area contributed by atoms with Crippen molar-refractivity contribution in [1.29, 1.82) is 0 Å². The monoisotopic (exact) mass is 889 g/mol. The predicted molar refractivity (Wildman–Crippen MR) is 256 cm³/mol. The van der Waals surface area contributed by atoms with Crippen LogP contribution in [0, 0.1) is 12.8 Å². The van der Waals surface area contributed by atoms with Gasteiger partial charge in [-0.05, 0) is 117 Å². The van der Waals surface area contributed by atoms with Gasteiger partial charge < -0.3 is 56.8 Å². The van der Waals surface area contributed by atoms with Gasteiger partial charge >= 0.3 is 0 Å². The fourth-order valence-electron chi connectivity index (χ4n) is 9.99. The Morgan fingerprint density at radius 3 is 2.32 bits per heavy atom. The first-order chi connectivity index (χ1) is 31.5. The highest BCUT2D eigenvalue weighted by atomic mass is 16.5. The van der Waals surface area contributed by atoms with E-state index in [1.807, 2.05) is 36.3 Å². The zero-order valence-corrected chi connectivity index (χ0v) is 38.3. The number of aromatic nitrogens is 2. The molecule has 2 aromatic carbocycles. The first kappa shape index (κ1) is 46.9. The maximum absolute atomic E-state index is 13.8. The molecule has 2 atom stereocenters. The summed E-state index contributed by atoms with van der Waals surface area (Å²) in [6, 6.07) is 15.9. The van der Waals surface area contributed by atoms with Crippen LogP contribution in [0.15, 0.2) is 78.5 Å². The zero-order valence-electron chi connectivity index (χ0n) is 38.3. The minimum atomic E-state index is -0.0656. The number of phenols is 1. The number of aryl methyl sites for hydroxylation is 1. The Labute approximate surface area is 383 Å². The Morgan fingerprint density at radius 2 is 1.68 bits per heavy atom. The molecule has 4 aliphatic rings. The molecule has 8 rings (SSSR count). The van der Waals surface area contributed by atoms with Gasteiger partial charge in [-0.3, -0.25) is 14.5 Å². The van der Waals surface area contributed by atoms with E-state index in [2.05, 4.69) is 50.3 Å². The van der Waals surface area contributed by atoms with Crippen molar-refractivity contribution in [2.24, 2.45) is 23.1 Å². The lowest BCUT2D eigenvalue weighted by Gasteiger charge is -2.40. The summed E-state index contributed by atoms with van der Waals surface area (Å²) in [5.41, 5.74) is 27.1. The number of phenolic OH excluding ortho intramolecular Hbond substituents is 1. The number of nitrogens with zero attached hydrogens (tertiary/aromatic N) is 5. The van der Waals surface area contributed by atoms with Crippen LogP contribution >= 0.6 is 0 Å². The van der Waals surface area contributed by atoms with Crippen molar-refractivity contribution in [3.8, 4) is 5.75 Å². The number of piperidine rings is 1. The molecule has 4 heterocycles. The molecule has 9 N–H and O–H groups in total. The molecule has 2 saturated heterocycles. The number of ether oxygens (including phenoxy) is 1. The smallest absolute Gasteiger partial charge is 0.253 e. The van der Waals surface area contributed by atoms with E-state index in [9.17, 15) is 19.5 Å². The maximum atomic E-state index is 13.8. The number of carbonyl (C=O) groups is 3. The molecular formula is C50H68N10O5. The van der Waals surface area contributed by atoms with Crippen LogP contribution in [-0.2, 0) is 14.3 Å². The van der Waals surface area contributed by atoms with E-state index >= 15 is 0 Å². The van der Waals surface area contributed by atoms with Crippen molar-refractivity contribution in [2.45, 2.75) is 82.3 Å². The quantitative estimate of drug-likeness (QED) is 0.0506. The molecule has 15 nitrogen and oxygen atoms in total. The van der Waals surface area contributed by atoms with Crippen LogP contribution in [0.4, 0.5) is 5.69 Å². The average molecular weight is 889 g/mol. The summed E-state index contributed by atoms with van der Waals surface area (Å²) in [7, 11) is 3.69. The van der Waals surface area contributed by atoms with Crippen LogP contribution in [0.2, 0.25) is 0 Å². The van der Waals surface area contributed by atoms with Crippen molar-refractivity contribution in [2.75, 3.05) is 71.8 Å². The minimum Gasteiger partial charge on any atom is -0.507 e. The first-order valence-corrected chi connectivity index (χ1v) is 23.2. The molecule has 2 aromatic heterocycles. The molecule has 0 radical (unpaired) electrons. The highest BCUT2D eigenvalue weighted by Crippen LogP contribution is 2.46. The van der Waals surface area contributed by atoms with E-state index in [0.29, 0.717) is 67.3 Å². The normalized spacial score (nSPS) is 21.6. The van der Waals surface area contributed by atoms with Gasteiger partial charge in [0.1, 0.15) is 23.5 Å². The minimum absolute atomic E-state index is 0.0656. The number of hydrogen-bond acceptors (Lipinski definition) is 12. The predicted octanol–water partition coefficient (Wildman–Crippen LogP) is 5.37. The molecule has 4 aromatic rings. The van der Waals surface area contributed by atoms with Gasteiger partial charge in [0.15, 0.2) is 0 Å². The molecule has 65 heavy (non-hydrogen) atoms. The van der Waals surface area contributed by atoms with Crippen molar-refractivity contribution < 1.29 is 24.2 Å². The summed E-state index contributed by atoms with van der Waals surface area (Å²) in [6.45, 7) is 8.20. The number of pyridine rings is 1. The highest BCUT2D eigenvalue weighted by molar-refractivity contribution is 5.94. The Bertz CT molecular complexity index is 2330. The lowest BCUT2D eigenvalue weighted by Crippen LogP contribution is -2.50. The average Bonchev–Trinajstić information content (AvgIpc) is 4.10. The lowest BCUT2D eigenvalue weighted by atomic mass is 9.85. The number of anilines is 1. The summed E-state index contributed by atoms with van der Waals surface area (Å²) < 4.78 is 8.39. The first-order valence-electron chi connectivity index (χ1n) is 23.2. The Balaban J connectivity index is 0.000000833. The number of aldehydes is 1. The molecule has 2 unspecified atom stereocenters. The van der Waals surface area contributed by atoms with Gasteiger partial charge in [0.25, 0.3) is 5.91 Å². The van der Waals surface area contributed by atoms with E-state index < -0.39 is 0 Å². The Hall–Kier alpha value is -6.06. The van der Waals surface area contributed by atoms with E-state index in [-0.39, 0.29) is 29.5 Å². The summed E-state index contributed by atoms with van der Waals surface area (Å²) in [5, 5.41) is 17.3. The Kier molecular flexibility index (Phi) is 15.7. The summed E-state index contributed by atoms with van der Waals surface area (Å²) in [5.74, 6) is 1.83. The largest absolute Gasteiger partial charge is 0.507 e. The number of nitrogens with one attached hydrogen (secondary N) is 2. The van der Waals surface area contributed by atoms with Gasteiger partial charge in [-0.1, -0.05) is 18.2 Å². The van der Waals surface area contributed by atoms with Crippen molar-refractivity contribution >= 4 is 41.0 Å². The number of hydrogen-bond donors (Lipinski definition) is 6. The van der Waals surface area contributed by atoms with E-state index in [1.165, 1.54) is 55.0 Å². The number of fused-ring (bicyclic) bond motifs is 1. The molecule has 4 fully saturated rings. The molecule has 2 aliphatic heterocycles. The third-order valence-electron chi connectivity index (χ3n) is 13.7. The van der Waals surface area contributed by atoms with Gasteiger partial charge in [0, 0.05) is 113 Å². The molecule has 348 valence electrons. The third-order valence-corrected chi connectivity index (χ3v) is 13.7. The topological polar surface area (TPSA) is 210 Å². The van der Waals surface area contributed by atoms with Crippen molar-refractivity contribution in [1.82, 2.24) is 29.6 Å². The number of piperazine rings is 1. The van der Waals surface area contributed by atoms with Gasteiger partial charge in [-0.25, -0.2) is 4.98 Å². The van der Waals surface area contributed by atoms with Gasteiger partial charge in [-0.2, -0.15) is 0 Å². The molecule has 2 saturated carbocycles. The summed E-state index contributed by atoms with van der Waals surface area (Å²) in [6.07, 6.45) is 16.0. The molecular weight excluding hydrogens is 821 g/mol. The number of para-hydroxylation sites is 1. The van der Waals surface area contributed by atoms with Crippen molar-refractivity contribution in [3.63, 3.8) is 0 Å². The number of allylic oxidation sites excluding steroid dienone is 1. The zero-order chi connectivity index (χ0) is 46.0. The summed E-state index contributed by atoms with van der Waals surface area (Å²) >= 11 is 0. The van der Waals surface area contributed by atoms with Crippen LogP contribution in [0.1, 0.15) is 102 Å². The number of benzene rings is 2. The second-order valence-electron chi connectivity index (χ2n) is 18.1. The number of nitrogens with two attached hydrogens (primary N) is 3. The number of carbonyl (C=O) groups excluding carboxylic acids is 3. The van der Waals surface area contributed by atoms with Crippen LogP contribution < -0.4 is 27.8 Å². The number of aromatic hydroxyl groups is 1. The maximum Gasteiger partial charge on any atom is 0.253 e. The SMILES string of the molecule is CNc1cnc2c(c1)c(C1CC1)cn2C1CCC(CN2CCN(C(=O)c3ccc(C4CC(OC)CN(C(/C=C(\N)c5ccccc5O)=C(N)N)C4)c(C)c3)CC2)CC1.O=CCCNC=O. The standard InChI is InChI=1S/C46H61N9O3.C4H7NO2/c1-29-20-32(12-15-37(29)33-21-36(58-3)27-54(26-33)42(44(48)49)23-41(47)38-6-4-5-7-43(38)56)46(57)53-18-16-52(17-19-53)25-30-8-13-35(14-9-30)55-28-40(31-10-11-31)39-22-34(50-2)24-51-45(39)55;6-3-1-2-5-4-7/h4-7,12,15,20,22-24,28,30-31,33,35-36,50,56H,8-11,13-14,16-19,21,25-27,47-49H2,1-3H3;3-4H,1-2H2,(H,5,7)/b41-23-;. The lowest BCUT2D eigenvalue weighted by molar-refractivity contribution is -0.110. The van der Waals surface area contributed by atoms with Crippen LogP contribution in [0.3, 0.4) is 0 Å². The Morgan fingerprint density at radius 1 is 0.923 bits per heavy atom. The third kappa shape index (κ3) is 11.4. The van der Waals surface area contributed by atoms with Crippen molar-refractivity contribution in [3.05, 3.63) is 106 Å². The molecule has 0 bridgehead atoms. The second-order valence-corrected chi connectivity index (χ2v) is 18.1. The van der Waals surface area contributed by atoms with Crippen LogP contribution in [0.25, 0.3) is 16.7 Å². The number of likely N-dealkylation sites (tertiary alicyclic amines) is 1. The van der Waals surface area contributed by atoms with E-state index in [1.54, 1.807) is 31.4 Å². The molecule has 15 heteroatoms. The number of methoxy groups -OCH3 is 1. The molecule has 2 amide bonds. The summed E-state index contributed by atoms with van der Waals surface area (Å²) in [4.78, 5) is 44.4. The van der Waals surface area contributed by atoms with Crippen LogP contribution in [0.5, 0.6) is 5.75 Å². The van der Waals surface area contributed by atoms with Gasteiger partial charge in [0.2, 0.25) is 6.41 Å².